The third-order valence-corrected chi connectivity index (χ3v) is 4.82. The number of H-pyrrole nitrogens is 1. The number of anilines is 1. The maximum Gasteiger partial charge on any atom is 0.252 e. The normalized spacial score (nSPS) is 10.6. The van der Waals surface area contributed by atoms with Crippen molar-refractivity contribution < 1.29 is 9.18 Å². The maximum atomic E-state index is 13.3. The van der Waals surface area contributed by atoms with E-state index in [0.29, 0.717) is 22.4 Å². The molecule has 3 aromatic rings. The first-order valence-electron chi connectivity index (χ1n) is 9.52. The molecule has 7 nitrogen and oxygen atoms in total. The molecule has 1 aromatic carbocycles. The summed E-state index contributed by atoms with van der Waals surface area (Å²) in [6, 6.07) is 4.05. The SMILES string of the molecule is CCC(C)CC.CNc1cc(F)ccc1C(=N)c1cnc2[nH]cc(C(N)=O)c2n1. The number of aromatic nitrogens is 3. The molecule has 0 atom stereocenters. The molecule has 2 aromatic heterocycles. The molecule has 1 amide bonds. The summed E-state index contributed by atoms with van der Waals surface area (Å²) >= 11 is 0. The van der Waals surface area contributed by atoms with E-state index in [9.17, 15) is 9.18 Å². The summed E-state index contributed by atoms with van der Waals surface area (Å²) in [5.74, 6) is -0.106. The fourth-order valence-electron chi connectivity index (χ4n) is 2.57. The smallest absolute Gasteiger partial charge is 0.252 e. The first kappa shape index (κ1) is 22.0. The molecule has 3 rings (SSSR count). The quantitative estimate of drug-likeness (QED) is 0.467. The van der Waals surface area contributed by atoms with E-state index in [2.05, 4.69) is 41.0 Å². The predicted octanol–water partition coefficient (Wildman–Crippen LogP) is 4.10. The van der Waals surface area contributed by atoms with E-state index in [0.717, 1.165) is 5.92 Å². The zero-order valence-electron chi connectivity index (χ0n) is 17.1. The topological polar surface area (TPSA) is 121 Å². The molecule has 0 saturated carbocycles. The lowest BCUT2D eigenvalue weighted by atomic mass is 10.1. The lowest BCUT2D eigenvalue weighted by Crippen LogP contribution is -2.12. The molecule has 0 aliphatic carbocycles. The molecule has 0 fully saturated rings. The van der Waals surface area contributed by atoms with Gasteiger partial charge in [-0.05, 0) is 24.1 Å². The average Bonchev–Trinajstić information content (AvgIpc) is 3.16. The molecule has 154 valence electrons. The summed E-state index contributed by atoms with van der Waals surface area (Å²) in [5.41, 5.74) is 7.44. The average molecular weight is 398 g/mol. The van der Waals surface area contributed by atoms with Crippen LogP contribution in [0.25, 0.3) is 11.2 Å². The Kier molecular flexibility index (Phi) is 7.41. The number of hydrogen-bond donors (Lipinski definition) is 4. The highest BCUT2D eigenvalue weighted by Gasteiger charge is 2.16. The van der Waals surface area contributed by atoms with Crippen molar-refractivity contribution in [3.63, 3.8) is 0 Å². The fourth-order valence-corrected chi connectivity index (χ4v) is 2.57. The summed E-state index contributed by atoms with van der Waals surface area (Å²) in [6.07, 6.45) is 5.50. The third-order valence-electron chi connectivity index (χ3n) is 4.82. The van der Waals surface area contributed by atoms with Crippen molar-refractivity contribution in [2.75, 3.05) is 12.4 Å². The van der Waals surface area contributed by atoms with Crippen LogP contribution in [0, 0.1) is 17.1 Å². The van der Waals surface area contributed by atoms with Crippen LogP contribution >= 0.6 is 0 Å². The van der Waals surface area contributed by atoms with Crippen LogP contribution in [0.2, 0.25) is 0 Å². The maximum absolute atomic E-state index is 13.3. The van der Waals surface area contributed by atoms with Gasteiger partial charge in [-0.2, -0.15) is 0 Å². The van der Waals surface area contributed by atoms with Gasteiger partial charge in [0.25, 0.3) is 5.91 Å². The van der Waals surface area contributed by atoms with Crippen molar-refractivity contribution in [2.45, 2.75) is 33.6 Å². The minimum Gasteiger partial charge on any atom is -0.387 e. The summed E-state index contributed by atoms with van der Waals surface area (Å²) in [4.78, 5) is 22.6. The zero-order chi connectivity index (χ0) is 21.6. The Bertz CT molecular complexity index is 1010. The van der Waals surface area contributed by atoms with Gasteiger partial charge in [-0.15, -0.1) is 0 Å². The summed E-state index contributed by atoms with van der Waals surface area (Å²) in [7, 11) is 1.64. The number of carbonyl (C=O) groups excluding carboxylic acids is 1. The van der Waals surface area contributed by atoms with Gasteiger partial charge in [-0.25, -0.2) is 14.4 Å². The Balaban J connectivity index is 0.000000438. The number of fused-ring (bicyclic) bond motifs is 1. The van der Waals surface area contributed by atoms with Gasteiger partial charge in [-0.3, -0.25) is 10.2 Å². The molecule has 8 heteroatoms. The molecule has 0 bridgehead atoms. The molecular weight excluding hydrogens is 371 g/mol. The van der Waals surface area contributed by atoms with E-state index < -0.39 is 11.7 Å². The highest BCUT2D eigenvalue weighted by Crippen LogP contribution is 2.21. The first-order valence-corrected chi connectivity index (χ1v) is 9.52. The van der Waals surface area contributed by atoms with Gasteiger partial charge in [0.05, 0.1) is 17.5 Å². The minimum absolute atomic E-state index is 0.0559. The van der Waals surface area contributed by atoms with E-state index in [1.54, 1.807) is 7.05 Å². The summed E-state index contributed by atoms with van der Waals surface area (Å²) in [5, 5.41) is 11.1. The molecule has 0 radical (unpaired) electrons. The van der Waals surface area contributed by atoms with E-state index in [4.69, 9.17) is 11.1 Å². The van der Waals surface area contributed by atoms with Crippen LogP contribution in [0.1, 0.15) is 55.2 Å². The van der Waals surface area contributed by atoms with Gasteiger partial charge < -0.3 is 16.0 Å². The number of aromatic amines is 1. The lowest BCUT2D eigenvalue weighted by molar-refractivity contribution is 0.100. The molecule has 0 unspecified atom stereocenters. The van der Waals surface area contributed by atoms with E-state index in [1.807, 2.05) is 0 Å². The predicted molar refractivity (Wildman–Crippen MR) is 114 cm³/mol. The molecule has 29 heavy (non-hydrogen) atoms. The van der Waals surface area contributed by atoms with Gasteiger partial charge in [0.2, 0.25) is 0 Å². The number of nitrogens with one attached hydrogen (secondary N) is 3. The van der Waals surface area contributed by atoms with Crippen LogP contribution in [0.3, 0.4) is 0 Å². The van der Waals surface area contributed by atoms with Crippen LogP contribution in [0.4, 0.5) is 10.1 Å². The second-order valence-electron chi connectivity index (χ2n) is 6.76. The van der Waals surface area contributed by atoms with Crippen molar-refractivity contribution in [1.29, 1.82) is 5.41 Å². The molecule has 5 N–H and O–H groups in total. The number of hydrogen-bond acceptors (Lipinski definition) is 5. The monoisotopic (exact) mass is 398 g/mol. The van der Waals surface area contributed by atoms with Gasteiger partial charge in [0, 0.05) is 24.5 Å². The van der Waals surface area contributed by atoms with Crippen molar-refractivity contribution >= 4 is 28.5 Å². The number of nitrogens with zero attached hydrogens (tertiary/aromatic N) is 2. The van der Waals surface area contributed by atoms with Gasteiger partial charge in [0.1, 0.15) is 17.0 Å². The number of primary amides is 1. The van der Waals surface area contributed by atoms with Crippen LogP contribution < -0.4 is 11.1 Å². The number of rotatable bonds is 6. The number of carbonyl (C=O) groups is 1. The van der Waals surface area contributed by atoms with Crippen LogP contribution in [-0.4, -0.2) is 33.6 Å². The van der Waals surface area contributed by atoms with Crippen LogP contribution in [0.5, 0.6) is 0 Å². The standard InChI is InChI=1S/C15H13FN6O.C6H14/c1-19-10-4-7(16)2-3-8(10)12(17)11-6-21-15-13(22-11)9(5-20-15)14(18)23;1-4-6(3)5-2/h2-6,17,19H,1H3,(H2,18,23)(H,20,21);6H,4-5H2,1-3H3. The molecule has 2 heterocycles. The zero-order valence-corrected chi connectivity index (χ0v) is 17.1. The van der Waals surface area contributed by atoms with E-state index in [1.165, 1.54) is 43.4 Å². The minimum atomic E-state index is -0.632. The Morgan fingerprint density at radius 2 is 2.00 bits per heavy atom. The highest BCUT2D eigenvalue weighted by atomic mass is 19.1. The van der Waals surface area contributed by atoms with Crippen molar-refractivity contribution in [3.8, 4) is 0 Å². The van der Waals surface area contributed by atoms with Crippen LogP contribution in [-0.2, 0) is 0 Å². The first-order chi connectivity index (χ1) is 13.8. The Hall–Kier alpha value is -3.29. The summed E-state index contributed by atoms with van der Waals surface area (Å²) in [6.45, 7) is 6.74. The molecule has 0 spiro atoms. The fraction of sp³-hybridized carbons (Fsp3) is 0.333. The van der Waals surface area contributed by atoms with Gasteiger partial charge in [-0.1, -0.05) is 33.6 Å². The Morgan fingerprint density at radius 3 is 2.55 bits per heavy atom. The molecule has 0 aliphatic rings. The second kappa shape index (κ2) is 9.77. The van der Waals surface area contributed by atoms with E-state index >= 15 is 0 Å². The molecule has 0 aliphatic heterocycles. The van der Waals surface area contributed by atoms with Gasteiger partial charge >= 0.3 is 0 Å². The number of benzene rings is 1. The third kappa shape index (κ3) is 5.16. The lowest BCUT2D eigenvalue weighted by Gasteiger charge is -2.10. The molecule has 0 saturated heterocycles. The highest BCUT2D eigenvalue weighted by molar-refractivity contribution is 6.13. The summed E-state index contributed by atoms with van der Waals surface area (Å²) < 4.78 is 13.3. The largest absolute Gasteiger partial charge is 0.387 e. The Morgan fingerprint density at radius 1 is 1.31 bits per heavy atom. The number of nitrogens with two attached hydrogens (primary N) is 1. The number of halogens is 1. The van der Waals surface area contributed by atoms with E-state index in [-0.39, 0.29) is 17.0 Å². The van der Waals surface area contributed by atoms with Crippen molar-refractivity contribution in [2.24, 2.45) is 11.7 Å². The van der Waals surface area contributed by atoms with Crippen molar-refractivity contribution in [1.82, 2.24) is 15.0 Å². The van der Waals surface area contributed by atoms with Crippen molar-refractivity contribution in [3.05, 3.63) is 53.2 Å². The Labute approximate surface area is 169 Å². The second-order valence-corrected chi connectivity index (χ2v) is 6.76. The molecular formula is C21H27FN6O. The van der Waals surface area contributed by atoms with Crippen LogP contribution in [0.15, 0.2) is 30.6 Å². The van der Waals surface area contributed by atoms with Gasteiger partial charge in [0.15, 0.2) is 5.65 Å². The number of amides is 1.